The van der Waals surface area contributed by atoms with Crippen LogP contribution >= 0.6 is 11.6 Å². The molecule has 32 heavy (non-hydrogen) atoms. The number of halogens is 1. The largest absolute Gasteiger partial charge is 0.370 e. The summed E-state index contributed by atoms with van der Waals surface area (Å²) < 4.78 is 1.84. The Morgan fingerprint density at radius 1 is 1.03 bits per heavy atom. The number of benzene rings is 2. The summed E-state index contributed by atoms with van der Waals surface area (Å²) in [4.78, 5) is 31.5. The van der Waals surface area contributed by atoms with E-state index in [2.05, 4.69) is 20.5 Å². The van der Waals surface area contributed by atoms with Crippen molar-refractivity contribution in [2.45, 2.75) is 32.2 Å². The number of amides is 2. The molecule has 1 aliphatic rings. The van der Waals surface area contributed by atoms with E-state index in [4.69, 9.17) is 11.6 Å². The van der Waals surface area contributed by atoms with Gasteiger partial charge in [0, 0.05) is 54.7 Å². The zero-order valence-corrected chi connectivity index (χ0v) is 18.5. The maximum atomic E-state index is 13.0. The number of nitrogens with one attached hydrogen (secondary N) is 2. The fourth-order valence-electron chi connectivity index (χ4n) is 3.82. The Labute approximate surface area is 192 Å². The Bertz CT molecular complexity index is 1080. The van der Waals surface area contributed by atoms with E-state index in [0.29, 0.717) is 34.9 Å². The highest BCUT2D eigenvalue weighted by molar-refractivity contribution is 6.31. The first-order valence-corrected chi connectivity index (χ1v) is 11.2. The Hall–Kier alpha value is -3.32. The molecule has 0 atom stereocenters. The molecule has 1 aromatic heterocycles. The van der Waals surface area contributed by atoms with Crippen LogP contribution in [0.5, 0.6) is 0 Å². The summed E-state index contributed by atoms with van der Waals surface area (Å²) in [5, 5.41) is 6.42. The predicted octanol–water partition coefficient (Wildman–Crippen LogP) is 4.81. The Kier molecular flexibility index (Phi) is 7.07. The van der Waals surface area contributed by atoms with Crippen LogP contribution in [0.3, 0.4) is 0 Å². The quantitative estimate of drug-likeness (QED) is 0.540. The van der Waals surface area contributed by atoms with Crippen LogP contribution in [0.2, 0.25) is 5.02 Å². The van der Waals surface area contributed by atoms with Crippen LogP contribution in [0.15, 0.2) is 61.2 Å². The molecule has 166 valence electrons. The van der Waals surface area contributed by atoms with Crippen LogP contribution in [0.4, 0.5) is 17.1 Å². The van der Waals surface area contributed by atoms with Gasteiger partial charge in [0.15, 0.2) is 0 Å². The summed E-state index contributed by atoms with van der Waals surface area (Å²) in [6.07, 6.45) is 8.98. The topological polar surface area (TPSA) is 79.3 Å². The highest BCUT2D eigenvalue weighted by atomic mass is 35.5. The molecule has 2 N–H and O–H groups in total. The monoisotopic (exact) mass is 451 g/mol. The van der Waals surface area contributed by atoms with Crippen molar-refractivity contribution in [2.75, 3.05) is 28.6 Å². The molecule has 1 saturated heterocycles. The van der Waals surface area contributed by atoms with Crippen molar-refractivity contribution in [3.05, 3.63) is 71.8 Å². The number of aryl methyl sites for hydroxylation is 1. The molecular weight excluding hydrogens is 426 g/mol. The third-order valence-electron chi connectivity index (χ3n) is 5.47. The number of piperidine rings is 1. The lowest BCUT2D eigenvalue weighted by Gasteiger charge is -2.30. The van der Waals surface area contributed by atoms with Gasteiger partial charge in [-0.15, -0.1) is 0 Å². The number of carbonyl (C=O) groups is 2. The molecule has 0 saturated carbocycles. The average molecular weight is 452 g/mol. The summed E-state index contributed by atoms with van der Waals surface area (Å²) in [5.41, 5.74) is 2.71. The lowest BCUT2D eigenvalue weighted by molar-refractivity contribution is -0.116. The molecule has 2 aromatic carbocycles. The van der Waals surface area contributed by atoms with Crippen LogP contribution in [0, 0.1) is 0 Å². The number of hydrogen-bond acceptors (Lipinski definition) is 4. The van der Waals surface area contributed by atoms with Crippen molar-refractivity contribution in [2.24, 2.45) is 0 Å². The van der Waals surface area contributed by atoms with E-state index in [1.54, 1.807) is 42.9 Å². The van der Waals surface area contributed by atoms with Crippen LogP contribution in [-0.4, -0.2) is 34.5 Å². The van der Waals surface area contributed by atoms with Gasteiger partial charge in [-0.2, -0.15) is 0 Å². The molecule has 0 radical (unpaired) electrons. The number of anilines is 3. The molecule has 1 aliphatic heterocycles. The molecule has 1 fully saturated rings. The van der Waals surface area contributed by atoms with E-state index in [1.807, 2.05) is 22.9 Å². The minimum atomic E-state index is -0.250. The number of carbonyl (C=O) groups excluding carboxylic acids is 2. The first-order chi connectivity index (χ1) is 15.6. The third kappa shape index (κ3) is 5.68. The average Bonchev–Trinajstić information content (AvgIpc) is 3.32. The smallest absolute Gasteiger partial charge is 0.255 e. The summed E-state index contributed by atoms with van der Waals surface area (Å²) in [5.74, 6) is -0.376. The van der Waals surface area contributed by atoms with Crippen molar-refractivity contribution in [1.82, 2.24) is 9.55 Å². The van der Waals surface area contributed by atoms with Crippen molar-refractivity contribution < 1.29 is 9.59 Å². The number of hydrogen-bond donors (Lipinski definition) is 2. The highest BCUT2D eigenvalue weighted by Gasteiger charge is 2.17. The fraction of sp³-hybridized carbons (Fsp3) is 0.292. The van der Waals surface area contributed by atoms with E-state index < -0.39 is 0 Å². The Balaban J connectivity index is 1.43. The molecule has 0 bridgehead atoms. The van der Waals surface area contributed by atoms with Gasteiger partial charge in [-0.05, 0) is 55.7 Å². The molecule has 3 aromatic rings. The number of aromatic nitrogens is 2. The van der Waals surface area contributed by atoms with Crippen LogP contribution < -0.4 is 15.5 Å². The van der Waals surface area contributed by atoms with E-state index in [-0.39, 0.29) is 11.8 Å². The lowest BCUT2D eigenvalue weighted by atomic mass is 10.1. The highest BCUT2D eigenvalue weighted by Crippen LogP contribution is 2.31. The summed E-state index contributed by atoms with van der Waals surface area (Å²) >= 11 is 6.21. The van der Waals surface area contributed by atoms with Gasteiger partial charge in [-0.3, -0.25) is 9.59 Å². The van der Waals surface area contributed by atoms with E-state index in [9.17, 15) is 9.59 Å². The van der Waals surface area contributed by atoms with Crippen molar-refractivity contribution in [3.8, 4) is 0 Å². The zero-order chi connectivity index (χ0) is 22.3. The molecule has 2 amide bonds. The van der Waals surface area contributed by atoms with Crippen molar-refractivity contribution in [3.63, 3.8) is 0 Å². The van der Waals surface area contributed by atoms with Gasteiger partial charge in [-0.25, -0.2) is 4.98 Å². The summed E-state index contributed by atoms with van der Waals surface area (Å²) in [6.45, 7) is 2.47. The van der Waals surface area contributed by atoms with Gasteiger partial charge >= 0.3 is 0 Å². The minimum Gasteiger partial charge on any atom is -0.370 e. The molecule has 0 unspecified atom stereocenters. The minimum absolute atomic E-state index is 0.126. The maximum Gasteiger partial charge on any atom is 0.255 e. The maximum absolute atomic E-state index is 13.0. The number of imidazole rings is 1. The van der Waals surface area contributed by atoms with E-state index in [1.165, 1.54) is 6.42 Å². The second-order valence-corrected chi connectivity index (χ2v) is 8.28. The van der Waals surface area contributed by atoms with Crippen molar-refractivity contribution >= 4 is 40.5 Å². The van der Waals surface area contributed by atoms with Crippen LogP contribution in [0.1, 0.15) is 36.0 Å². The van der Waals surface area contributed by atoms with Crippen LogP contribution in [-0.2, 0) is 11.3 Å². The SMILES string of the molecule is O=C(CCn1ccnc1)Nc1cccc(C(=O)Nc2cc(Cl)ccc2N2CCCCC2)c1. The van der Waals surface area contributed by atoms with E-state index in [0.717, 1.165) is 31.6 Å². The zero-order valence-electron chi connectivity index (χ0n) is 17.8. The van der Waals surface area contributed by atoms with Gasteiger partial charge in [0.05, 0.1) is 17.7 Å². The number of nitrogens with zero attached hydrogens (tertiary/aromatic N) is 3. The third-order valence-corrected chi connectivity index (χ3v) is 5.70. The van der Waals surface area contributed by atoms with Gasteiger partial charge in [0.1, 0.15) is 0 Å². The molecule has 8 heteroatoms. The van der Waals surface area contributed by atoms with Gasteiger partial charge in [-0.1, -0.05) is 17.7 Å². The first kappa shape index (κ1) is 21.9. The molecule has 7 nitrogen and oxygen atoms in total. The number of rotatable bonds is 7. The molecular formula is C24H26ClN5O2. The second-order valence-electron chi connectivity index (χ2n) is 7.84. The van der Waals surface area contributed by atoms with Gasteiger partial charge in [0.25, 0.3) is 5.91 Å². The summed E-state index contributed by atoms with van der Waals surface area (Å²) in [7, 11) is 0. The van der Waals surface area contributed by atoms with Crippen molar-refractivity contribution in [1.29, 1.82) is 0 Å². The molecule has 4 rings (SSSR count). The predicted molar refractivity (Wildman–Crippen MR) is 127 cm³/mol. The fourth-order valence-corrected chi connectivity index (χ4v) is 4.00. The lowest BCUT2D eigenvalue weighted by Crippen LogP contribution is -2.30. The Morgan fingerprint density at radius 3 is 2.66 bits per heavy atom. The Morgan fingerprint density at radius 2 is 1.88 bits per heavy atom. The second kappa shape index (κ2) is 10.3. The summed E-state index contributed by atoms with van der Waals surface area (Å²) in [6, 6.07) is 12.5. The van der Waals surface area contributed by atoms with Gasteiger partial charge < -0.3 is 20.1 Å². The first-order valence-electron chi connectivity index (χ1n) is 10.8. The van der Waals surface area contributed by atoms with Crippen LogP contribution in [0.25, 0.3) is 0 Å². The normalized spacial score (nSPS) is 13.6. The molecule has 0 aliphatic carbocycles. The van der Waals surface area contributed by atoms with E-state index >= 15 is 0 Å². The molecule has 2 heterocycles. The standard InChI is InChI=1S/C24H26ClN5O2/c25-19-7-8-22(30-11-2-1-3-12-30)21(16-19)28-24(32)18-5-4-6-20(15-18)27-23(31)9-13-29-14-10-26-17-29/h4-8,10,14-17H,1-3,9,11-13H2,(H,27,31)(H,28,32). The van der Waals surface area contributed by atoms with Gasteiger partial charge in [0.2, 0.25) is 5.91 Å². The molecule has 0 spiro atoms.